The van der Waals surface area contributed by atoms with Crippen LogP contribution in [0.3, 0.4) is 0 Å². The van der Waals surface area contributed by atoms with Crippen LogP contribution in [0.4, 0.5) is 4.79 Å². The molecule has 0 aromatic heterocycles. The van der Waals surface area contributed by atoms with E-state index in [4.69, 9.17) is 11.6 Å². The van der Waals surface area contributed by atoms with Crippen LogP contribution in [0.2, 0.25) is 5.02 Å². The first-order chi connectivity index (χ1) is 8.84. The van der Waals surface area contributed by atoms with E-state index in [2.05, 4.69) is 5.32 Å². The molecule has 0 bridgehead atoms. The third-order valence-electron chi connectivity index (χ3n) is 2.72. The van der Waals surface area contributed by atoms with E-state index in [1.165, 1.54) is 0 Å². The number of benzene rings is 1. The minimum Gasteiger partial charge on any atom is -0.320 e. The molecule has 0 saturated carbocycles. The average Bonchev–Trinajstić information content (AvgIpc) is 2.30. The van der Waals surface area contributed by atoms with E-state index in [1.54, 1.807) is 11.1 Å². The van der Waals surface area contributed by atoms with Crippen LogP contribution in [0, 0.1) is 0 Å². The molecule has 0 unspecified atom stereocenters. The van der Waals surface area contributed by atoms with Gasteiger partial charge in [0.25, 0.3) is 0 Å². The summed E-state index contributed by atoms with van der Waals surface area (Å²) in [5.74, 6) is 0. The highest BCUT2D eigenvalue weighted by molar-refractivity contribution is 6.30. The van der Waals surface area contributed by atoms with Crippen molar-refractivity contribution in [3.8, 4) is 0 Å². The molecular formula is C15H21ClN2O. The van der Waals surface area contributed by atoms with Gasteiger partial charge in [-0.05, 0) is 51.5 Å². The molecule has 0 fully saturated rings. The lowest BCUT2D eigenvalue weighted by molar-refractivity contribution is 0.153. The molecule has 19 heavy (non-hydrogen) atoms. The van der Waals surface area contributed by atoms with Gasteiger partial charge in [0.2, 0.25) is 0 Å². The van der Waals surface area contributed by atoms with Gasteiger partial charge in [0, 0.05) is 23.3 Å². The minimum absolute atomic E-state index is 0.0970. The molecule has 0 spiro atoms. The molecule has 0 atom stereocenters. The van der Waals surface area contributed by atoms with Crippen molar-refractivity contribution in [2.45, 2.75) is 33.2 Å². The SMILES string of the molecule is CCN(C(=O)N/C=C/c1ccc(Cl)cc1)C(C)(C)C. The van der Waals surface area contributed by atoms with Gasteiger partial charge in [-0.1, -0.05) is 23.7 Å². The van der Waals surface area contributed by atoms with Crippen LogP contribution in [0.15, 0.2) is 30.5 Å². The van der Waals surface area contributed by atoms with Crippen molar-refractivity contribution in [2.75, 3.05) is 6.54 Å². The summed E-state index contributed by atoms with van der Waals surface area (Å²) in [6.45, 7) is 8.68. The molecule has 3 nitrogen and oxygen atoms in total. The quantitative estimate of drug-likeness (QED) is 0.887. The molecule has 4 heteroatoms. The fourth-order valence-corrected chi connectivity index (χ4v) is 1.91. The van der Waals surface area contributed by atoms with Gasteiger partial charge in [-0.15, -0.1) is 0 Å². The zero-order valence-electron chi connectivity index (χ0n) is 11.9. The van der Waals surface area contributed by atoms with Crippen molar-refractivity contribution in [1.82, 2.24) is 10.2 Å². The van der Waals surface area contributed by atoms with Gasteiger partial charge >= 0.3 is 6.03 Å². The van der Waals surface area contributed by atoms with Crippen LogP contribution in [-0.2, 0) is 0 Å². The summed E-state index contributed by atoms with van der Waals surface area (Å²) in [6, 6.07) is 7.33. The van der Waals surface area contributed by atoms with Crippen molar-refractivity contribution < 1.29 is 4.79 Å². The number of carbonyl (C=O) groups excluding carboxylic acids is 1. The number of carbonyl (C=O) groups is 1. The van der Waals surface area contributed by atoms with Crippen molar-refractivity contribution in [1.29, 1.82) is 0 Å². The largest absolute Gasteiger partial charge is 0.321 e. The molecule has 0 radical (unpaired) electrons. The predicted octanol–water partition coefficient (Wildman–Crippen LogP) is 4.14. The maximum atomic E-state index is 12.0. The zero-order valence-corrected chi connectivity index (χ0v) is 12.7. The first kappa shape index (κ1) is 15.6. The maximum Gasteiger partial charge on any atom is 0.321 e. The highest BCUT2D eigenvalue weighted by atomic mass is 35.5. The Kier molecular flexibility index (Phi) is 5.43. The van der Waals surface area contributed by atoms with E-state index in [1.807, 2.05) is 58.0 Å². The van der Waals surface area contributed by atoms with Gasteiger partial charge in [0.05, 0.1) is 0 Å². The second kappa shape index (κ2) is 6.62. The number of rotatable bonds is 3. The second-order valence-electron chi connectivity index (χ2n) is 5.25. The first-order valence-electron chi connectivity index (χ1n) is 6.35. The normalized spacial score (nSPS) is 11.6. The molecule has 1 aromatic rings. The molecule has 0 heterocycles. The van der Waals surface area contributed by atoms with Gasteiger partial charge in [0.15, 0.2) is 0 Å². The fraction of sp³-hybridized carbons (Fsp3) is 0.400. The lowest BCUT2D eigenvalue weighted by Crippen LogP contribution is -2.48. The summed E-state index contributed by atoms with van der Waals surface area (Å²) >= 11 is 5.81. The highest BCUT2D eigenvalue weighted by Crippen LogP contribution is 2.13. The molecule has 0 aliphatic carbocycles. The summed E-state index contributed by atoms with van der Waals surface area (Å²) in [4.78, 5) is 13.8. The summed E-state index contributed by atoms with van der Waals surface area (Å²) in [5, 5.41) is 3.48. The average molecular weight is 281 g/mol. The van der Waals surface area contributed by atoms with Crippen molar-refractivity contribution in [3.05, 3.63) is 41.1 Å². The number of hydrogen-bond acceptors (Lipinski definition) is 1. The minimum atomic E-state index is -0.188. The van der Waals surface area contributed by atoms with Crippen LogP contribution in [0.25, 0.3) is 6.08 Å². The Hall–Kier alpha value is -1.48. The Morgan fingerprint density at radius 3 is 2.37 bits per heavy atom. The first-order valence-corrected chi connectivity index (χ1v) is 6.72. The summed E-state index contributed by atoms with van der Waals surface area (Å²) in [7, 11) is 0. The van der Waals surface area contributed by atoms with Gasteiger partial charge in [-0.3, -0.25) is 0 Å². The third-order valence-corrected chi connectivity index (χ3v) is 2.98. The molecule has 1 rings (SSSR count). The molecular weight excluding hydrogens is 260 g/mol. The molecule has 0 saturated heterocycles. The van der Waals surface area contributed by atoms with E-state index in [9.17, 15) is 4.79 Å². The van der Waals surface area contributed by atoms with E-state index in [0.717, 1.165) is 5.56 Å². The van der Waals surface area contributed by atoms with Crippen molar-refractivity contribution in [2.24, 2.45) is 0 Å². The number of amides is 2. The standard InChI is InChI=1S/C15H21ClN2O/c1-5-18(15(2,3)4)14(19)17-11-10-12-6-8-13(16)9-7-12/h6-11H,5H2,1-4H3,(H,17,19)/b11-10+. The monoisotopic (exact) mass is 280 g/mol. The number of urea groups is 1. The topological polar surface area (TPSA) is 32.3 Å². The number of hydrogen-bond donors (Lipinski definition) is 1. The number of nitrogens with zero attached hydrogens (tertiary/aromatic N) is 1. The lowest BCUT2D eigenvalue weighted by atomic mass is 10.1. The molecule has 0 aliphatic heterocycles. The van der Waals surface area contributed by atoms with Gasteiger partial charge in [-0.2, -0.15) is 0 Å². The number of halogens is 1. The van der Waals surface area contributed by atoms with Crippen molar-refractivity contribution >= 4 is 23.7 Å². The van der Waals surface area contributed by atoms with Crippen LogP contribution in [0.5, 0.6) is 0 Å². The summed E-state index contributed by atoms with van der Waals surface area (Å²) in [5.41, 5.74) is 0.802. The van der Waals surface area contributed by atoms with Crippen LogP contribution < -0.4 is 5.32 Å². The summed E-state index contributed by atoms with van der Waals surface area (Å²) in [6.07, 6.45) is 3.49. The predicted molar refractivity (Wildman–Crippen MR) is 81.2 cm³/mol. The Morgan fingerprint density at radius 1 is 1.32 bits per heavy atom. The fourth-order valence-electron chi connectivity index (χ4n) is 1.78. The van der Waals surface area contributed by atoms with Crippen LogP contribution >= 0.6 is 11.6 Å². The maximum absolute atomic E-state index is 12.0. The van der Waals surface area contributed by atoms with E-state index in [-0.39, 0.29) is 11.6 Å². The van der Waals surface area contributed by atoms with Gasteiger partial charge in [0.1, 0.15) is 0 Å². The molecule has 1 aromatic carbocycles. The zero-order chi connectivity index (χ0) is 14.5. The van der Waals surface area contributed by atoms with Crippen LogP contribution in [0.1, 0.15) is 33.3 Å². The van der Waals surface area contributed by atoms with E-state index < -0.39 is 0 Å². The highest BCUT2D eigenvalue weighted by Gasteiger charge is 2.23. The third kappa shape index (κ3) is 4.95. The van der Waals surface area contributed by atoms with E-state index in [0.29, 0.717) is 11.6 Å². The second-order valence-corrected chi connectivity index (χ2v) is 5.69. The van der Waals surface area contributed by atoms with Gasteiger partial charge < -0.3 is 10.2 Å². The molecule has 104 valence electrons. The Bertz CT molecular complexity index is 446. The summed E-state index contributed by atoms with van der Waals surface area (Å²) < 4.78 is 0. The molecule has 0 aliphatic rings. The van der Waals surface area contributed by atoms with Gasteiger partial charge in [-0.25, -0.2) is 4.79 Å². The van der Waals surface area contributed by atoms with Crippen molar-refractivity contribution in [3.63, 3.8) is 0 Å². The van der Waals surface area contributed by atoms with E-state index >= 15 is 0 Å². The molecule has 2 amide bonds. The Morgan fingerprint density at radius 2 is 1.89 bits per heavy atom. The Balaban J connectivity index is 2.61. The number of nitrogens with one attached hydrogen (secondary N) is 1. The molecule has 1 N–H and O–H groups in total. The smallest absolute Gasteiger partial charge is 0.320 e. The Labute approximate surface area is 120 Å². The van der Waals surface area contributed by atoms with Crippen LogP contribution in [-0.4, -0.2) is 23.0 Å². The lowest BCUT2D eigenvalue weighted by Gasteiger charge is -2.34.